The first-order valence-corrected chi connectivity index (χ1v) is 14.0. The number of hydrogen-bond donors (Lipinski definition) is 1. The van der Waals surface area contributed by atoms with Gasteiger partial charge in [-0.3, -0.25) is 14.6 Å². The molecule has 1 aliphatic carbocycles. The SMILES string of the molecule is Cc1cc(C2CC2C(=O)OCCO)cc(N(Cc2ccc(C=Cc3cccnc3)cc2)C(=O)C2CCOCC2)c1. The number of carbonyl (C=O) groups excluding carboxylic acids is 2. The third-order valence-corrected chi connectivity index (χ3v) is 7.56. The Morgan fingerprint density at radius 1 is 1.07 bits per heavy atom. The van der Waals surface area contributed by atoms with Gasteiger partial charge in [0.2, 0.25) is 5.91 Å². The van der Waals surface area contributed by atoms with E-state index in [1.165, 1.54) is 0 Å². The van der Waals surface area contributed by atoms with Crippen molar-refractivity contribution in [2.75, 3.05) is 31.3 Å². The third kappa shape index (κ3) is 7.03. The van der Waals surface area contributed by atoms with Crippen molar-refractivity contribution in [3.63, 3.8) is 0 Å². The molecule has 2 fully saturated rings. The van der Waals surface area contributed by atoms with E-state index in [0.717, 1.165) is 39.9 Å². The van der Waals surface area contributed by atoms with Gasteiger partial charge in [-0.2, -0.15) is 0 Å². The summed E-state index contributed by atoms with van der Waals surface area (Å²) in [7, 11) is 0. The van der Waals surface area contributed by atoms with Crippen LogP contribution in [0.5, 0.6) is 0 Å². The Kier molecular flexibility index (Phi) is 9.04. The van der Waals surface area contributed by atoms with E-state index >= 15 is 0 Å². The lowest BCUT2D eigenvalue weighted by Crippen LogP contribution is -2.38. The van der Waals surface area contributed by atoms with Gasteiger partial charge in [0.1, 0.15) is 6.61 Å². The Labute approximate surface area is 235 Å². The number of esters is 1. The molecule has 7 nitrogen and oxygen atoms in total. The predicted molar refractivity (Wildman–Crippen MR) is 154 cm³/mol. The number of ether oxygens (including phenoxy) is 2. The zero-order valence-corrected chi connectivity index (χ0v) is 22.9. The molecule has 2 aliphatic rings. The van der Waals surface area contributed by atoms with E-state index in [-0.39, 0.29) is 42.8 Å². The van der Waals surface area contributed by atoms with Crippen LogP contribution in [-0.2, 0) is 25.6 Å². The zero-order valence-electron chi connectivity index (χ0n) is 22.9. The van der Waals surface area contributed by atoms with Crippen LogP contribution in [0.2, 0.25) is 0 Å². The summed E-state index contributed by atoms with van der Waals surface area (Å²) < 4.78 is 10.7. The molecule has 3 aromatic rings. The Morgan fingerprint density at radius 2 is 1.85 bits per heavy atom. The van der Waals surface area contributed by atoms with Gasteiger partial charge in [0, 0.05) is 37.2 Å². The second-order valence-electron chi connectivity index (χ2n) is 10.6. The number of amides is 1. The van der Waals surface area contributed by atoms with E-state index in [0.29, 0.717) is 32.6 Å². The number of hydrogen-bond acceptors (Lipinski definition) is 6. The van der Waals surface area contributed by atoms with E-state index in [1.807, 2.05) is 42.3 Å². The van der Waals surface area contributed by atoms with Crippen molar-refractivity contribution in [3.05, 3.63) is 94.8 Å². The third-order valence-electron chi connectivity index (χ3n) is 7.56. The highest BCUT2D eigenvalue weighted by Crippen LogP contribution is 2.49. The van der Waals surface area contributed by atoms with Gasteiger partial charge in [-0.15, -0.1) is 0 Å². The van der Waals surface area contributed by atoms with Crippen molar-refractivity contribution in [2.45, 2.75) is 38.6 Å². The van der Waals surface area contributed by atoms with Crippen LogP contribution >= 0.6 is 0 Å². The van der Waals surface area contributed by atoms with E-state index in [2.05, 4.69) is 47.5 Å². The van der Waals surface area contributed by atoms with E-state index in [9.17, 15) is 9.59 Å². The molecule has 5 rings (SSSR count). The number of aromatic nitrogens is 1. The molecule has 1 aliphatic heterocycles. The fraction of sp³-hybridized carbons (Fsp3) is 0.364. The van der Waals surface area contributed by atoms with Crippen molar-refractivity contribution in [1.29, 1.82) is 0 Å². The maximum absolute atomic E-state index is 13.9. The Morgan fingerprint density at radius 3 is 2.58 bits per heavy atom. The van der Waals surface area contributed by atoms with Gasteiger partial charge >= 0.3 is 5.97 Å². The number of aryl methyl sites for hydroxylation is 1. The van der Waals surface area contributed by atoms with Crippen LogP contribution in [-0.4, -0.2) is 48.4 Å². The topological polar surface area (TPSA) is 89.0 Å². The summed E-state index contributed by atoms with van der Waals surface area (Å²) in [6.45, 7) is 3.52. The summed E-state index contributed by atoms with van der Waals surface area (Å²) in [4.78, 5) is 32.3. The molecule has 2 atom stereocenters. The number of nitrogens with zero attached hydrogens (tertiary/aromatic N) is 2. The maximum atomic E-state index is 13.9. The number of aliphatic hydroxyl groups is 1. The monoisotopic (exact) mass is 540 g/mol. The lowest BCUT2D eigenvalue weighted by molar-refractivity contribution is -0.146. The van der Waals surface area contributed by atoms with Gasteiger partial charge in [-0.25, -0.2) is 0 Å². The molecule has 40 heavy (non-hydrogen) atoms. The van der Waals surface area contributed by atoms with Gasteiger partial charge in [0.25, 0.3) is 0 Å². The van der Waals surface area contributed by atoms with Crippen molar-refractivity contribution >= 4 is 29.7 Å². The minimum absolute atomic E-state index is 0.0204. The molecule has 1 amide bonds. The summed E-state index contributed by atoms with van der Waals surface area (Å²) in [5, 5.41) is 8.98. The molecule has 7 heteroatoms. The molecular weight excluding hydrogens is 504 g/mol. The molecule has 1 saturated carbocycles. The van der Waals surface area contributed by atoms with Crippen LogP contribution in [0.15, 0.2) is 67.0 Å². The zero-order chi connectivity index (χ0) is 27.9. The van der Waals surface area contributed by atoms with Crippen molar-refractivity contribution in [2.24, 2.45) is 11.8 Å². The number of aliphatic hydroxyl groups excluding tert-OH is 1. The van der Waals surface area contributed by atoms with Crippen LogP contribution in [0.4, 0.5) is 5.69 Å². The van der Waals surface area contributed by atoms with Crippen molar-refractivity contribution in [1.82, 2.24) is 4.98 Å². The predicted octanol–water partition coefficient (Wildman–Crippen LogP) is 5.16. The molecular formula is C33H36N2O5. The van der Waals surface area contributed by atoms with Crippen LogP contribution in [0.25, 0.3) is 12.2 Å². The van der Waals surface area contributed by atoms with Crippen LogP contribution in [0.1, 0.15) is 53.0 Å². The summed E-state index contributed by atoms with van der Waals surface area (Å²) in [5.41, 5.74) is 6.08. The fourth-order valence-corrected chi connectivity index (χ4v) is 5.28. The first-order valence-electron chi connectivity index (χ1n) is 14.0. The van der Waals surface area contributed by atoms with Gasteiger partial charge in [0.15, 0.2) is 0 Å². The first kappa shape index (κ1) is 27.7. The molecule has 0 bridgehead atoms. The largest absolute Gasteiger partial charge is 0.463 e. The summed E-state index contributed by atoms with van der Waals surface area (Å²) in [6, 6.07) is 18.4. The highest BCUT2D eigenvalue weighted by molar-refractivity contribution is 5.95. The summed E-state index contributed by atoms with van der Waals surface area (Å²) >= 11 is 0. The molecule has 0 spiro atoms. The van der Waals surface area contributed by atoms with Crippen LogP contribution < -0.4 is 4.90 Å². The van der Waals surface area contributed by atoms with Crippen molar-refractivity contribution < 1.29 is 24.2 Å². The molecule has 2 unspecified atom stereocenters. The van der Waals surface area contributed by atoms with Crippen molar-refractivity contribution in [3.8, 4) is 0 Å². The molecule has 208 valence electrons. The van der Waals surface area contributed by atoms with Gasteiger partial charge in [0.05, 0.1) is 19.1 Å². The fourth-order valence-electron chi connectivity index (χ4n) is 5.28. The Hall–Kier alpha value is -3.81. The summed E-state index contributed by atoms with van der Waals surface area (Å²) in [6.07, 6.45) is 9.81. The lowest BCUT2D eigenvalue weighted by atomic mass is 9.97. The average molecular weight is 541 g/mol. The standard InChI is InChI=1S/C33H36N2O5/c1-23-17-28(30-20-31(30)33(38)40-16-13-36)19-29(18-23)35(32(37)27-10-14-39-15-11-27)22-26-8-5-24(6-9-26)4-7-25-3-2-12-34-21-25/h2-9,12,17-19,21,27,30-31,36H,10-11,13-16,20,22H2,1H3. The normalized spacial score (nSPS) is 18.9. The van der Waals surface area contributed by atoms with E-state index in [1.54, 1.807) is 6.20 Å². The first-order chi connectivity index (χ1) is 19.5. The number of anilines is 1. The number of rotatable bonds is 10. The summed E-state index contributed by atoms with van der Waals surface area (Å²) in [5.74, 6) is -0.379. The molecule has 1 aromatic heterocycles. The van der Waals surface area contributed by atoms with Gasteiger partial charge < -0.3 is 19.5 Å². The molecule has 2 aromatic carbocycles. The van der Waals surface area contributed by atoms with Crippen LogP contribution in [0.3, 0.4) is 0 Å². The highest BCUT2D eigenvalue weighted by Gasteiger charge is 2.45. The molecule has 1 saturated heterocycles. The lowest BCUT2D eigenvalue weighted by Gasteiger charge is -2.30. The molecule has 0 radical (unpaired) electrons. The van der Waals surface area contributed by atoms with Gasteiger partial charge in [-0.05, 0) is 78.1 Å². The van der Waals surface area contributed by atoms with E-state index < -0.39 is 0 Å². The maximum Gasteiger partial charge on any atom is 0.309 e. The second kappa shape index (κ2) is 13.0. The quantitative estimate of drug-likeness (QED) is 0.358. The Balaban J connectivity index is 1.37. The minimum atomic E-state index is -0.269. The Bertz CT molecular complexity index is 1330. The second-order valence-corrected chi connectivity index (χ2v) is 10.6. The number of carbonyl (C=O) groups is 2. The highest BCUT2D eigenvalue weighted by atomic mass is 16.5. The molecule has 1 N–H and O–H groups in total. The van der Waals surface area contributed by atoms with Crippen LogP contribution in [0, 0.1) is 18.8 Å². The van der Waals surface area contributed by atoms with Gasteiger partial charge in [-0.1, -0.05) is 48.6 Å². The van der Waals surface area contributed by atoms with E-state index in [4.69, 9.17) is 14.6 Å². The smallest absolute Gasteiger partial charge is 0.309 e. The molecule has 2 heterocycles. The number of benzene rings is 2. The average Bonchev–Trinajstić information content (AvgIpc) is 3.80. The number of pyridine rings is 1. The minimum Gasteiger partial charge on any atom is -0.463 e.